The second-order valence-corrected chi connectivity index (χ2v) is 3.98. The number of aliphatic carboxylic acids is 1. The Labute approximate surface area is 108 Å². The number of carboxylic acids is 1. The molecule has 1 unspecified atom stereocenters. The van der Waals surface area contributed by atoms with E-state index < -0.39 is 17.6 Å². The van der Waals surface area contributed by atoms with Gasteiger partial charge in [-0.05, 0) is 19.1 Å². The zero-order chi connectivity index (χ0) is 14.0. The van der Waals surface area contributed by atoms with Crippen LogP contribution < -0.4 is 10.7 Å². The number of nitrogens with zero attached hydrogens (tertiary/aromatic N) is 1. The lowest BCUT2D eigenvalue weighted by Gasteiger charge is -2.24. The molecule has 1 atom stereocenters. The normalized spacial score (nSPS) is 12.3. The summed E-state index contributed by atoms with van der Waals surface area (Å²) in [5.74, 6) is -1.10. The maximum atomic E-state index is 11.9. The average Bonchev–Trinajstić information content (AvgIpc) is 2.39. The number of para-hydroxylation sites is 1. The maximum absolute atomic E-state index is 11.9. The van der Waals surface area contributed by atoms with Crippen LogP contribution >= 0.6 is 0 Å². The first-order valence-electron chi connectivity index (χ1n) is 5.63. The van der Waals surface area contributed by atoms with Gasteiger partial charge in [-0.1, -0.05) is 18.2 Å². The fraction of sp³-hybridized carbons (Fsp3) is 0.231. The van der Waals surface area contributed by atoms with Crippen molar-refractivity contribution in [2.45, 2.75) is 13.0 Å². The van der Waals surface area contributed by atoms with Crippen molar-refractivity contribution >= 4 is 22.6 Å². The van der Waals surface area contributed by atoms with Crippen LogP contribution in [0.5, 0.6) is 0 Å². The Hall–Kier alpha value is -2.34. The van der Waals surface area contributed by atoms with E-state index in [1.807, 2.05) is 0 Å². The van der Waals surface area contributed by atoms with Crippen LogP contribution in [0, 0.1) is 0 Å². The number of benzene rings is 1. The highest BCUT2D eigenvalue weighted by Gasteiger charge is 2.24. The van der Waals surface area contributed by atoms with Gasteiger partial charge in [0.2, 0.25) is 0 Å². The number of hydrogen-bond acceptors (Lipinski definition) is 5. The molecule has 0 fully saturated rings. The van der Waals surface area contributed by atoms with Crippen LogP contribution in [0.4, 0.5) is 5.69 Å². The first kappa shape index (κ1) is 13.1. The van der Waals surface area contributed by atoms with Gasteiger partial charge in [0.15, 0.2) is 11.7 Å². The molecule has 6 nitrogen and oxygen atoms in total. The molecule has 1 N–H and O–H groups in total. The van der Waals surface area contributed by atoms with Crippen molar-refractivity contribution in [3.8, 4) is 0 Å². The molecule has 100 valence electrons. The van der Waals surface area contributed by atoms with Crippen LogP contribution in [-0.4, -0.2) is 24.2 Å². The highest BCUT2D eigenvalue weighted by Crippen LogP contribution is 2.19. The van der Waals surface area contributed by atoms with Gasteiger partial charge in [-0.15, -0.1) is 0 Å². The lowest BCUT2D eigenvalue weighted by Crippen LogP contribution is -2.40. The number of hydrogen-bond donors (Lipinski definition) is 1. The minimum atomic E-state index is -1.10. The molecule has 0 radical (unpaired) electrons. The van der Waals surface area contributed by atoms with Crippen LogP contribution in [0.15, 0.2) is 39.5 Å². The molecule has 0 aliphatic rings. The zero-order valence-corrected chi connectivity index (χ0v) is 10.5. The first-order valence-corrected chi connectivity index (χ1v) is 5.63. The summed E-state index contributed by atoms with van der Waals surface area (Å²) in [6, 6.07) is 7.51. The maximum Gasteiger partial charge on any atom is 0.362 e. The molecule has 0 saturated heterocycles. The van der Waals surface area contributed by atoms with Gasteiger partial charge in [0, 0.05) is 5.39 Å². The van der Waals surface area contributed by atoms with E-state index in [4.69, 9.17) is 14.4 Å². The van der Waals surface area contributed by atoms with Gasteiger partial charge in [-0.25, -0.2) is 14.7 Å². The Morgan fingerprint density at radius 1 is 1.42 bits per heavy atom. The van der Waals surface area contributed by atoms with Gasteiger partial charge in [0.25, 0.3) is 0 Å². The highest BCUT2D eigenvalue weighted by atomic mass is 16.7. The summed E-state index contributed by atoms with van der Waals surface area (Å²) in [7, 11) is 1.30. The lowest BCUT2D eigenvalue weighted by molar-refractivity contribution is -0.140. The van der Waals surface area contributed by atoms with E-state index in [1.165, 1.54) is 14.0 Å². The van der Waals surface area contributed by atoms with Crippen molar-refractivity contribution in [1.82, 2.24) is 0 Å². The Morgan fingerprint density at radius 3 is 2.74 bits per heavy atom. The quantitative estimate of drug-likeness (QED) is 0.667. The van der Waals surface area contributed by atoms with E-state index in [0.717, 1.165) is 5.06 Å². The number of carbonyl (C=O) groups is 1. The summed E-state index contributed by atoms with van der Waals surface area (Å²) >= 11 is 0. The molecular weight excluding hydrogens is 250 g/mol. The summed E-state index contributed by atoms with van der Waals surface area (Å²) in [5, 5.41) is 10.7. The van der Waals surface area contributed by atoms with E-state index in [2.05, 4.69) is 0 Å². The molecular formula is C13H13NO5. The Bertz CT molecular complexity index is 663. The number of anilines is 1. The Morgan fingerprint density at radius 2 is 2.11 bits per heavy atom. The van der Waals surface area contributed by atoms with Crippen LogP contribution in [0.1, 0.15) is 6.92 Å². The fourth-order valence-electron chi connectivity index (χ4n) is 1.77. The van der Waals surface area contributed by atoms with Gasteiger partial charge in [0.05, 0.1) is 7.11 Å². The summed E-state index contributed by atoms with van der Waals surface area (Å²) in [4.78, 5) is 27.9. The minimum absolute atomic E-state index is 0.0519. The molecule has 2 aromatic rings. The van der Waals surface area contributed by atoms with E-state index in [9.17, 15) is 9.59 Å². The largest absolute Gasteiger partial charge is 0.480 e. The molecule has 1 aromatic carbocycles. The highest BCUT2D eigenvalue weighted by molar-refractivity contribution is 5.81. The van der Waals surface area contributed by atoms with Gasteiger partial charge >= 0.3 is 11.6 Å². The van der Waals surface area contributed by atoms with Crippen LogP contribution in [0.25, 0.3) is 11.0 Å². The second kappa shape index (κ2) is 5.11. The molecule has 0 aliphatic carbocycles. The van der Waals surface area contributed by atoms with Crippen LogP contribution in [0.3, 0.4) is 0 Å². The number of carboxylic acid groups (broad SMARTS) is 1. The van der Waals surface area contributed by atoms with E-state index in [1.54, 1.807) is 30.3 Å². The third kappa shape index (κ3) is 2.43. The second-order valence-electron chi connectivity index (χ2n) is 3.98. The predicted octanol–water partition coefficient (Wildman–Crippen LogP) is 1.63. The SMILES string of the molecule is CON(c1cc2ccccc2oc1=O)C(C)C(=O)O. The number of rotatable bonds is 4. The average molecular weight is 263 g/mol. The monoisotopic (exact) mass is 263 g/mol. The smallest absolute Gasteiger partial charge is 0.362 e. The Balaban J connectivity index is 2.57. The first-order chi connectivity index (χ1) is 9.04. The molecule has 0 aliphatic heterocycles. The summed E-state index contributed by atoms with van der Waals surface area (Å²) in [6.45, 7) is 1.42. The van der Waals surface area contributed by atoms with Crippen LogP contribution in [-0.2, 0) is 9.63 Å². The molecule has 6 heteroatoms. The predicted molar refractivity (Wildman–Crippen MR) is 69.1 cm³/mol. The van der Waals surface area contributed by atoms with E-state index in [0.29, 0.717) is 11.0 Å². The molecule has 19 heavy (non-hydrogen) atoms. The third-order valence-corrected chi connectivity index (χ3v) is 2.77. The Kier molecular flexibility index (Phi) is 3.52. The molecule has 2 rings (SSSR count). The van der Waals surface area contributed by atoms with Crippen molar-refractivity contribution in [1.29, 1.82) is 0 Å². The van der Waals surface area contributed by atoms with Crippen molar-refractivity contribution in [2.24, 2.45) is 0 Å². The standard InChI is InChI=1S/C13H13NO5/c1-8(12(15)16)14(18-2)10-7-9-5-3-4-6-11(9)19-13(10)17/h3-8H,1-2H3,(H,15,16). The molecule has 0 amide bonds. The summed E-state index contributed by atoms with van der Waals surface area (Å²) in [6.07, 6.45) is 0. The zero-order valence-electron chi connectivity index (χ0n) is 10.5. The van der Waals surface area contributed by atoms with E-state index >= 15 is 0 Å². The van der Waals surface area contributed by atoms with Crippen molar-refractivity contribution in [3.05, 3.63) is 40.8 Å². The number of hydroxylamine groups is 1. The summed E-state index contributed by atoms with van der Waals surface area (Å²) in [5.41, 5.74) is -0.153. The minimum Gasteiger partial charge on any atom is -0.480 e. The molecule has 0 saturated carbocycles. The fourth-order valence-corrected chi connectivity index (χ4v) is 1.77. The van der Waals surface area contributed by atoms with Gasteiger partial charge in [-0.3, -0.25) is 4.84 Å². The molecule has 1 aromatic heterocycles. The lowest BCUT2D eigenvalue weighted by atomic mass is 10.2. The molecule has 0 bridgehead atoms. The van der Waals surface area contributed by atoms with Crippen molar-refractivity contribution < 1.29 is 19.2 Å². The van der Waals surface area contributed by atoms with Gasteiger partial charge < -0.3 is 9.52 Å². The van der Waals surface area contributed by atoms with Gasteiger partial charge in [-0.2, -0.15) is 0 Å². The molecule has 0 spiro atoms. The topological polar surface area (TPSA) is 80.0 Å². The van der Waals surface area contributed by atoms with Crippen molar-refractivity contribution in [2.75, 3.05) is 12.2 Å². The van der Waals surface area contributed by atoms with E-state index in [-0.39, 0.29) is 5.69 Å². The number of fused-ring (bicyclic) bond motifs is 1. The van der Waals surface area contributed by atoms with Crippen molar-refractivity contribution in [3.63, 3.8) is 0 Å². The third-order valence-electron chi connectivity index (χ3n) is 2.77. The van der Waals surface area contributed by atoms with Crippen LogP contribution in [0.2, 0.25) is 0 Å². The van der Waals surface area contributed by atoms with Gasteiger partial charge in [0.1, 0.15) is 5.58 Å². The molecule has 1 heterocycles. The summed E-state index contributed by atoms with van der Waals surface area (Å²) < 4.78 is 5.14.